The van der Waals surface area contributed by atoms with E-state index in [9.17, 15) is 17.6 Å². The normalized spacial score (nSPS) is 13.5. The molecule has 0 aromatic heterocycles. The van der Waals surface area contributed by atoms with Crippen molar-refractivity contribution in [2.45, 2.75) is 32.9 Å². The number of anilines is 1. The highest BCUT2D eigenvalue weighted by Crippen LogP contribution is 2.24. The van der Waals surface area contributed by atoms with Gasteiger partial charge in [0.1, 0.15) is 24.2 Å². The molecule has 1 amide bonds. The fraction of sp³-hybridized carbons (Fsp3) is 0.350. The Morgan fingerprint density at radius 2 is 1.75 bits per heavy atom. The second-order valence-electron chi connectivity index (χ2n) is 6.67. The number of nitrogens with one attached hydrogen (secondary N) is 1. The van der Waals surface area contributed by atoms with Gasteiger partial charge in [-0.3, -0.25) is 9.10 Å². The van der Waals surface area contributed by atoms with Crippen LogP contribution in [0, 0.1) is 12.7 Å². The van der Waals surface area contributed by atoms with E-state index in [4.69, 9.17) is 4.74 Å². The Morgan fingerprint density at radius 1 is 1.14 bits per heavy atom. The third-order valence-corrected chi connectivity index (χ3v) is 5.38. The molecule has 0 heterocycles. The summed E-state index contributed by atoms with van der Waals surface area (Å²) in [5.74, 6) is -0.557. The number of sulfonamides is 1. The maximum absolute atomic E-state index is 14.1. The van der Waals surface area contributed by atoms with Crippen molar-refractivity contribution < 1.29 is 22.3 Å². The van der Waals surface area contributed by atoms with Crippen molar-refractivity contribution in [2.24, 2.45) is 0 Å². The molecule has 2 atom stereocenters. The van der Waals surface area contributed by atoms with Gasteiger partial charge in [-0.05, 0) is 44.5 Å². The Hall–Kier alpha value is -2.61. The van der Waals surface area contributed by atoms with Crippen molar-refractivity contribution in [3.05, 3.63) is 59.9 Å². The summed E-state index contributed by atoms with van der Waals surface area (Å²) in [6.45, 7) is 5.29. The molecule has 0 unspecified atom stereocenters. The Morgan fingerprint density at radius 3 is 2.36 bits per heavy atom. The predicted octanol–water partition coefficient (Wildman–Crippen LogP) is 2.87. The number of hydrogen-bond donors (Lipinski definition) is 1. The van der Waals surface area contributed by atoms with Crippen LogP contribution in [0.4, 0.5) is 10.1 Å². The van der Waals surface area contributed by atoms with Gasteiger partial charge in [-0.2, -0.15) is 0 Å². The number of benzene rings is 2. The van der Waals surface area contributed by atoms with Crippen molar-refractivity contribution >= 4 is 21.6 Å². The summed E-state index contributed by atoms with van der Waals surface area (Å²) in [5, 5.41) is 2.72. The van der Waals surface area contributed by atoms with E-state index in [0.717, 1.165) is 22.2 Å². The molecule has 2 aromatic carbocycles. The van der Waals surface area contributed by atoms with Crippen molar-refractivity contribution in [2.75, 3.05) is 17.2 Å². The SMILES string of the molecule is Cc1ccccc1OC[C@H](C)NC(=O)[C@H](C)N(c1ccccc1F)S(C)(=O)=O. The zero-order valence-corrected chi connectivity index (χ0v) is 17.2. The first-order valence-electron chi connectivity index (χ1n) is 8.84. The third kappa shape index (κ3) is 5.45. The zero-order valence-electron chi connectivity index (χ0n) is 16.3. The molecular formula is C20H25FN2O4S. The van der Waals surface area contributed by atoms with Crippen molar-refractivity contribution in [3.63, 3.8) is 0 Å². The van der Waals surface area contributed by atoms with Gasteiger partial charge < -0.3 is 10.1 Å². The van der Waals surface area contributed by atoms with Crippen LogP contribution >= 0.6 is 0 Å². The van der Waals surface area contributed by atoms with Crippen LogP contribution in [0.3, 0.4) is 0 Å². The molecule has 0 radical (unpaired) electrons. The lowest BCUT2D eigenvalue weighted by molar-refractivity contribution is -0.122. The predicted molar refractivity (Wildman–Crippen MR) is 107 cm³/mol. The van der Waals surface area contributed by atoms with E-state index in [2.05, 4.69) is 5.32 Å². The van der Waals surface area contributed by atoms with Gasteiger partial charge in [-0.25, -0.2) is 12.8 Å². The van der Waals surface area contributed by atoms with Crippen LogP contribution in [0.5, 0.6) is 5.75 Å². The highest BCUT2D eigenvalue weighted by molar-refractivity contribution is 7.92. The number of carbonyl (C=O) groups is 1. The lowest BCUT2D eigenvalue weighted by Gasteiger charge is -2.29. The molecule has 0 fully saturated rings. The minimum Gasteiger partial charge on any atom is -0.491 e. The van der Waals surface area contributed by atoms with E-state index in [1.54, 1.807) is 6.92 Å². The molecule has 0 spiro atoms. The van der Waals surface area contributed by atoms with Crippen LogP contribution in [-0.4, -0.2) is 39.3 Å². The largest absolute Gasteiger partial charge is 0.491 e. The molecule has 28 heavy (non-hydrogen) atoms. The summed E-state index contributed by atoms with van der Waals surface area (Å²) in [5.41, 5.74) is 0.800. The van der Waals surface area contributed by atoms with Gasteiger partial charge in [-0.15, -0.1) is 0 Å². The number of aryl methyl sites for hydroxylation is 1. The maximum Gasteiger partial charge on any atom is 0.243 e. The van der Waals surface area contributed by atoms with Gasteiger partial charge in [0, 0.05) is 0 Å². The number of halogens is 1. The van der Waals surface area contributed by atoms with Crippen LogP contribution < -0.4 is 14.4 Å². The number of hydrogen-bond acceptors (Lipinski definition) is 4. The van der Waals surface area contributed by atoms with E-state index in [0.29, 0.717) is 5.75 Å². The third-order valence-electron chi connectivity index (χ3n) is 4.15. The number of rotatable bonds is 8. The van der Waals surface area contributed by atoms with E-state index in [-0.39, 0.29) is 18.3 Å². The molecule has 0 aliphatic heterocycles. The fourth-order valence-electron chi connectivity index (χ4n) is 2.75. The molecular weight excluding hydrogens is 383 g/mol. The topological polar surface area (TPSA) is 75.7 Å². The molecule has 2 aromatic rings. The summed E-state index contributed by atoms with van der Waals surface area (Å²) in [6, 6.07) is 11.4. The molecule has 1 N–H and O–H groups in total. The minimum atomic E-state index is -3.88. The van der Waals surface area contributed by atoms with Gasteiger partial charge >= 0.3 is 0 Å². The van der Waals surface area contributed by atoms with Crippen molar-refractivity contribution in [3.8, 4) is 5.75 Å². The smallest absolute Gasteiger partial charge is 0.243 e. The van der Waals surface area contributed by atoms with Crippen LogP contribution in [0.1, 0.15) is 19.4 Å². The molecule has 8 heteroatoms. The van der Waals surface area contributed by atoms with E-state index < -0.39 is 27.8 Å². The van der Waals surface area contributed by atoms with Gasteiger partial charge in [0.2, 0.25) is 15.9 Å². The van der Waals surface area contributed by atoms with Crippen LogP contribution in [0.2, 0.25) is 0 Å². The molecule has 6 nitrogen and oxygen atoms in total. The molecule has 0 bridgehead atoms. The number of amides is 1. The van der Waals surface area contributed by atoms with Gasteiger partial charge in [0.05, 0.1) is 18.0 Å². The Bertz CT molecular complexity index is 933. The van der Waals surface area contributed by atoms with E-state index in [1.807, 2.05) is 31.2 Å². The highest BCUT2D eigenvalue weighted by Gasteiger charge is 2.31. The standard InChI is InChI=1S/C20H25FN2O4S/c1-14-9-5-8-12-19(14)27-13-15(2)22-20(24)16(3)23(28(4,25)26)18-11-7-6-10-17(18)21/h5-12,15-16H,13H2,1-4H3,(H,22,24)/t15-,16-/m0/s1. The zero-order chi connectivity index (χ0) is 20.9. The lowest BCUT2D eigenvalue weighted by atomic mass is 10.2. The maximum atomic E-state index is 14.1. The minimum absolute atomic E-state index is 0.170. The average molecular weight is 408 g/mol. The van der Waals surface area contributed by atoms with Crippen LogP contribution in [0.15, 0.2) is 48.5 Å². The van der Waals surface area contributed by atoms with Crippen LogP contribution in [0.25, 0.3) is 0 Å². The summed E-state index contributed by atoms with van der Waals surface area (Å²) in [6.07, 6.45) is 0.938. The first kappa shape index (κ1) is 21.7. The quantitative estimate of drug-likeness (QED) is 0.729. The summed E-state index contributed by atoms with van der Waals surface area (Å²) in [4.78, 5) is 12.6. The van der Waals surface area contributed by atoms with Gasteiger partial charge in [-0.1, -0.05) is 30.3 Å². The number of nitrogens with zero attached hydrogens (tertiary/aromatic N) is 1. The van der Waals surface area contributed by atoms with Gasteiger partial charge in [0.25, 0.3) is 0 Å². The number of carbonyl (C=O) groups excluding carboxylic acids is 1. The summed E-state index contributed by atoms with van der Waals surface area (Å²) in [7, 11) is -3.88. The monoisotopic (exact) mass is 408 g/mol. The first-order chi connectivity index (χ1) is 13.1. The average Bonchev–Trinajstić information content (AvgIpc) is 2.61. The van der Waals surface area contributed by atoms with E-state index >= 15 is 0 Å². The lowest BCUT2D eigenvalue weighted by Crippen LogP contribution is -2.51. The Labute approximate surface area is 165 Å². The Kier molecular flexibility index (Phi) is 7.01. The molecule has 0 aliphatic rings. The molecule has 2 rings (SSSR count). The Balaban J connectivity index is 2.08. The molecule has 0 saturated carbocycles. The summed E-state index contributed by atoms with van der Waals surface area (Å²) < 4.78 is 45.1. The molecule has 152 valence electrons. The fourth-order valence-corrected chi connectivity index (χ4v) is 3.93. The second-order valence-corrected chi connectivity index (χ2v) is 8.53. The van der Waals surface area contributed by atoms with Crippen LogP contribution in [-0.2, 0) is 14.8 Å². The molecule has 0 saturated heterocycles. The second kappa shape index (κ2) is 9.05. The summed E-state index contributed by atoms with van der Waals surface area (Å²) >= 11 is 0. The van der Waals surface area contributed by atoms with E-state index in [1.165, 1.54) is 25.1 Å². The van der Waals surface area contributed by atoms with Crippen molar-refractivity contribution in [1.82, 2.24) is 5.32 Å². The van der Waals surface area contributed by atoms with Gasteiger partial charge in [0.15, 0.2) is 0 Å². The van der Waals surface area contributed by atoms with Crippen molar-refractivity contribution in [1.29, 1.82) is 0 Å². The first-order valence-corrected chi connectivity index (χ1v) is 10.7. The molecule has 0 aliphatic carbocycles. The highest BCUT2D eigenvalue weighted by atomic mass is 32.2. The number of ether oxygens (including phenoxy) is 1. The number of para-hydroxylation sites is 2.